The van der Waals surface area contributed by atoms with Gasteiger partial charge in [0.2, 0.25) is 0 Å². The van der Waals surface area contributed by atoms with Crippen molar-refractivity contribution < 1.29 is 54.7 Å². The van der Waals surface area contributed by atoms with Crippen LogP contribution in [-0.4, -0.2) is 15.9 Å². The van der Waals surface area contributed by atoms with Crippen LogP contribution < -0.4 is 0 Å². The van der Waals surface area contributed by atoms with Crippen LogP contribution in [0.1, 0.15) is 0 Å². The zero-order valence-corrected chi connectivity index (χ0v) is 7.09. The van der Waals surface area contributed by atoms with Crippen LogP contribution in [0.2, 0.25) is 0 Å². The fraction of sp³-hybridized carbons (Fsp3) is 1.00. The molecule has 1 atom stereocenters. The summed E-state index contributed by atoms with van der Waals surface area (Å²) in [4.78, 5) is 0. The predicted molar refractivity (Wildman–Crippen MR) is 15.9 cm³/mol. The molecule has 0 aromatic rings. The van der Waals surface area contributed by atoms with Crippen LogP contribution in [0.25, 0.3) is 0 Å². The third kappa shape index (κ3) is 9.07. The van der Waals surface area contributed by atoms with Crippen molar-refractivity contribution in [3.63, 3.8) is 0 Å². The Balaban J connectivity index is 0. The predicted octanol–water partition coefficient (Wildman–Crippen LogP) is -0.573. The second kappa shape index (κ2) is 6.45. The first kappa shape index (κ1) is 10.4. The zero-order chi connectivity index (χ0) is 4.28. The average molecular weight is 235 g/mol. The third-order valence-electron chi connectivity index (χ3n) is 0.136. The number of hydrogen-bond donors (Lipinski definition) is 0. The van der Waals surface area contributed by atoms with Gasteiger partial charge in [-0.1, -0.05) is 0 Å². The first-order chi connectivity index (χ1) is 2.27. The molecule has 0 saturated heterocycles. The molecule has 0 aliphatic carbocycles. The summed E-state index contributed by atoms with van der Waals surface area (Å²) >= 11 is -2.32. The van der Waals surface area contributed by atoms with E-state index < -0.39 is 11.4 Å². The SMILES string of the molecule is COS(=O)[O-].[Ce]. The molecule has 0 saturated carbocycles. The van der Waals surface area contributed by atoms with E-state index in [0.29, 0.717) is 0 Å². The van der Waals surface area contributed by atoms with E-state index in [9.17, 15) is 0 Å². The maximum atomic E-state index is 9.15. The standard InChI is InChI=1S/CH4O3S.Ce/c1-4-5(2)3;/h1H3,(H,2,3);/p-1. The van der Waals surface area contributed by atoms with E-state index in [1.807, 2.05) is 0 Å². The van der Waals surface area contributed by atoms with Gasteiger partial charge in [0.05, 0.1) is 18.5 Å². The molecule has 0 aromatic heterocycles. The van der Waals surface area contributed by atoms with Crippen molar-refractivity contribution >= 4 is 11.4 Å². The summed E-state index contributed by atoms with van der Waals surface area (Å²) in [6.07, 6.45) is 0. The molecule has 0 amide bonds. The molecule has 0 radical (unpaired) electrons. The smallest absolute Gasteiger partial charge is 0.0839 e. The Hall–Kier alpha value is 1.45. The van der Waals surface area contributed by atoms with Crippen LogP contribution in [0.5, 0.6) is 0 Å². The van der Waals surface area contributed by atoms with Crippen LogP contribution in [-0.2, 0) is 15.5 Å². The van der Waals surface area contributed by atoms with Crippen LogP contribution in [0, 0.1) is 41.7 Å². The van der Waals surface area contributed by atoms with Gasteiger partial charge in [0.1, 0.15) is 0 Å². The summed E-state index contributed by atoms with van der Waals surface area (Å²) in [5, 5.41) is 0. The first-order valence-corrected chi connectivity index (χ1v) is 1.91. The Morgan fingerprint density at radius 1 is 1.83 bits per heavy atom. The summed E-state index contributed by atoms with van der Waals surface area (Å²) < 4.78 is 22.0. The van der Waals surface area contributed by atoms with Gasteiger partial charge in [0.25, 0.3) is 0 Å². The van der Waals surface area contributed by atoms with Crippen molar-refractivity contribution in [2.75, 3.05) is 7.11 Å². The van der Waals surface area contributed by atoms with Crippen LogP contribution in [0.15, 0.2) is 0 Å². The van der Waals surface area contributed by atoms with E-state index in [1.54, 1.807) is 0 Å². The summed E-state index contributed by atoms with van der Waals surface area (Å²) in [6, 6.07) is 0. The van der Waals surface area contributed by atoms with E-state index in [1.165, 1.54) is 0 Å². The summed E-state index contributed by atoms with van der Waals surface area (Å²) in [5.74, 6) is 0. The molecule has 0 N–H and O–H groups in total. The fourth-order valence-electron chi connectivity index (χ4n) is 0. The van der Waals surface area contributed by atoms with E-state index in [4.69, 9.17) is 8.76 Å². The first-order valence-electron chi connectivity index (χ1n) is 0.908. The number of hydrogen-bond acceptors (Lipinski definition) is 3. The quantitative estimate of drug-likeness (QED) is 0.572. The molecule has 0 aromatic carbocycles. The minimum atomic E-state index is -2.32. The van der Waals surface area contributed by atoms with Gasteiger partial charge in [-0.2, -0.15) is 0 Å². The largest absolute Gasteiger partial charge is 0.750 e. The molecule has 0 fully saturated rings. The molecule has 0 spiro atoms. The molecule has 0 heterocycles. The Morgan fingerprint density at radius 3 is 2.00 bits per heavy atom. The van der Waals surface area contributed by atoms with Crippen molar-refractivity contribution in [1.82, 2.24) is 0 Å². The molecule has 0 aliphatic heterocycles. The molecule has 0 bridgehead atoms. The molecule has 3 nitrogen and oxygen atoms in total. The van der Waals surface area contributed by atoms with Crippen molar-refractivity contribution in [2.24, 2.45) is 0 Å². The van der Waals surface area contributed by atoms with Gasteiger partial charge in [0, 0.05) is 41.7 Å². The average Bonchev–Trinajstić information content (AvgIpc) is 1.38. The van der Waals surface area contributed by atoms with Crippen LogP contribution in [0.4, 0.5) is 0 Å². The minimum Gasteiger partial charge on any atom is -0.750 e. The van der Waals surface area contributed by atoms with Crippen molar-refractivity contribution in [3.05, 3.63) is 0 Å². The second-order valence-corrected chi connectivity index (χ2v) is 1.11. The van der Waals surface area contributed by atoms with Gasteiger partial charge in [-0.05, 0) is 0 Å². The monoisotopic (exact) mass is 235 g/mol. The molecule has 0 aliphatic rings. The van der Waals surface area contributed by atoms with Crippen molar-refractivity contribution in [2.45, 2.75) is 0 Å². The molecule has 36 valence electrons. The summed E-state index contributed by atoms with van der Waals surface area (Å²) in [7, 11) is 1.09. The molecular weight excluding hydrogens is 232 g/mol. The topological polar surface area (TPSA) is 49.4 Å². The number of rotatable bonds is 1. The minimum absolute atomic E-state index is 0. The second-order valence-electron chi connectivity index (χ2n) is 0.371. The molecule has 0 rings (SSSR count). The zero-order valence-electron chi connectivity index (χ0n) is 3.13. The summed E-state index contributed by atoms with van der Waals surface area (Å²) in [6.45, 7) is 0. The van der Waals surface area contributed by atoms with E-state index >= 15 is 0 Å². The van der Waals surface area contributed by atoms with Gasteiger partial charge in [0.15, 0.2) is 0 Å². The fourth-order valence-corrected chi connectivity index (χ4v) is 0. The third-order valence-corrected chi connectivity index (χ3v) is 0.408. The maximum Gasteiger partial charge on any atom is 0.0839 e. The molecule has 1 unspecified atom stereocenters. The Labute approximate surface area is 72.3 Å². The van der Waals surface area contributed by atoms with Gasteiger partial charge in [-0.15, -0.1) is 0 Å². The molecular formula is CH3CeO3S-. The Kier molecular flexibility index (Phi) is 11.2. The van der Waals surface area contributed by atoms with E-state index in [0.717, 1.165) is 7.11 Å². The van der Waals surface area contributed by atoms with Gasteiger partial charge >= 0.3 is 0 Å². The van der Waals surface area contributed by atoms with Gasteiger partial charge in [-0.3, -0.25) is 0 Å². The van der Waals surface area contributed by atoms with Crippen LogP contribution >= 0.6 is 0 Å². The van der Waals surface area contributed by atoms with Crippen molar-refractivity contribution in [1.29, 1.82) is 0 Å². The maximum absolute atomic E-state index is 9.15. The molecule has 6 heavy (non-hydrogen) atoms. The van der Waals surface area contributed by atoms with Crippen LogP contribution in [0.3, 0.4) is 0 Å². The van der Waals surface area contributed by atoms with Crippen molar-refractivity contribution in [3.8, 4) is 0 Å². The van der Waals surface area contributed by atoms with E-state index in [-0.39, 0.29) is 41.7 Å². The van der Waals surface area contributed by atoms with Gasteiger partial charge in [-0.25, -0.2) is 4.21 Å². The van der Waals surface area contributed by atoms with Gasteiger partial charge < -0.3 is 8.74 Å². The Bertz CT molecular complexity index is 46.1. The molecule has 5 heteroatoms. The van der Waals surface area contributed by atoms with E-state index in [2.05, 4.69) is 4.18 Å². The summed E-state index contributed by atoms with van der Waals surface area (Å²) in [5.41, 5.74) is 0. The Morgan fingerprint density at radius 2 is 2.00 bits per heavy atom. The normalized spacial score (nSPS) is 12.3.